The van der Waals surface area contributed by atoms with Gasteiger partial charge in [-0.3, -0.25) is 9.59 Å². The largest absolute Gasteiger partial charge is 0.483 e. The fourth-order valence-corrected chi connectivity index (χ4v) is 8.01. The average Bonchev–Trinajstić information content (AvgIpc) is 3.73. The van der Waals surface area contributed by atoms with E-state index in [4.69, 9.17) is 23.4 Å². The van der Waals surface area contributed by atoms with Gasteiger partial charge in [-0.15, -0.1) is 0 Å². The number of rotatable bonds is 7. The van der Waals surface area contributed by atoms with E-state index in [9.17, 15) is 35.1 Å². The summed E-state index contributed by atoms with van der Waals surface area (Å²) in [6.45, 7) is 2.41. The van der Waals surface area contributed by atoms with Crippen LogP contribution in [0.4, 0.5) is 0 Å². The quantitative estimate of drug-likeness (QED) is 0.188. The van der Waals surface area contributed by atoms with Crippen molar-refractivity contribution < 1.29 is 58.5 Å². The van der Waals surface area contributed by atoms with E-state index in [-0.39, 0.29) is 60.3 Å². The van der Waals surface area contributed by atoms with Crippen LogP contribution in [0.5, 0.6) is 11.5 Å². The van der Waals surface area contributed by atoms with E-state index in [0.717, 1.165) is 42.2 Å². The van der Waals surface area contributed by atoms with Crippen LogP contribution >= 0.6 is 0 Å². The van der Waals surface area contributed by atoms with E-state index in [2.05, 4.69) is 5.32 Å². The Morgan fingerprint density at radius 3 is 2.55 bits per heavy atom. The lowest BCUT2D eigenvalue weighted by Gasteiger charge is -2.41. The minimum Gasteiger partial charge on any atom is -0.483 e. The molecule has 2 aliphatic heterocycles. The van der Waals surface area contributed by atoms with E-state index >= 15 is 0 Å². The summed E-state index contributed by atoms with van der Waals surface area (Å²) < 4.78 is 30.3. The maximum atomic E-state index is 13.2. The van der Waals surface area contributed by atoms with Gasteiger partial charge in [0.1, 0.15) is 24.4 Å². The molecule has 13 heteroatoms. The Balaban J connectivity index is 1.42. The molecule has 3 heterocycles. The van der Waals surface area contributed by atoms with Crippen molar-refractivity contribution in [1.29, 1.82) is 0 Å². The van der Waals surface area contributed by atoms with E-state index in [1.54, 1.807) is 13.2 Å². The van der Waals surface area contributed by atoms with Gasteiger partial charge in [-0.25, -0.2) is 0 Å². The van der Waals surface area contributed by atoms with Crippen LogP contribution in [-0.2, 0) is 25.5 Å². The maximum Gasteiger partial charge on any atom is 0.309 e. The normalized spacial score (nSPS) is 35.0. The molecule has 3 fully saturated rings. The Morgan fingerprint density at radius 2 is 1.82 bits per heavy atom. The highest BCUT2D eigenvalue weighted by atomic mass is 16.7. The fourth-order valence-electron chi connectivity index (χ4n) is 8.01. The van der Waals surface area contributed by atoms with Crippen LogP contribution in [0.3, 0.4) is 0 Å². The van der Waals surface area contributed by atoms with Crippen LogP contribution < -0.4 is 14.8 Å². The summed E-state index contributed by atoms with van der Waals surface area (Å²) in [5.41, 5.74) is 2.81. The van der Waals surface area contributed by atoms with Crippen molar-refractivity contribution in [3.63, 3.8) is 0 Å². The number of nitrogens with one attached hydrogen (secondary N) is 1. The second-order valence-corrected chi connectivity index (χ2v) is 12.7. The Bertz CT molecular complexity index is 1430. The van der Waals surface area contributed by atoms with Gasteiger partial charge >= 0.3 is 5.97 Å². The molecule has 1 amide bonds. The number of carbonyl (C=O) groups is 2. The van der Waals surface area contributed by atoms with E-state index < -0.39 is 42.9 Å². The summed E-state index contributed by atoms with van der Waals surface area (Å²) in [4.78, 5) is 26.2. The van der Waals surface area contributed by atoms with Crippen LogP contribution in [0.25, 0.3) is 11.0 Å². The number of benzene rings is 1. The smallest absolute Gasteiger partial charge is 0.309 e. The first-order chi connectivity index (χ1) is 21.2. The van der Waals surface area contributed by atoms with Crippen LogP contribution in [0.1, 0.15) is 74.0 Å². The minimum atomic E-state index is -2.17. The van der Waals surface area contributed by atoms with Crippen LogP contribution in [-0.4, -0.2) is 93.7 Å². The van der Waals surface area contributed by atoms with E-state index in [1.807, 2.05) is 0 Å². The number of ether oxygens (including phenoxy) is 4. The Labute approximate surface area is 253 Å². The first-order valence-electron chi connectivity index (χ1n) is 15.6. The van der Waals surface area contributed by atoms with Crippen molar-refractivity contribution in [3.8, 4) is 11.5 Å². The lowest BCUT2D eigenvalue weighted by molar-refractivity contribution is -0.310. The molecular formula is C31H39NO12. The zero-order chi connectivity index (χ0) is 30.9. The first-order valence-corrected chi connectivity index (χ1v) is 15.6. The molecule has 0 radical (unpaired) electrons. The number of carbonyl (C=O) groups excluding carboxylic acids is 2. The fraction of sp³-hybridized carbons (Fsp3) is 0.677. The van der Waals surface area contributed by atoms with Gasteiger partial charge in [-0.05, 0) is 63.4 Å². The molecule has 44 heavy (non-hydrogen) atoms. The monoisotopic (exact) mass is 617 g/mol. The summed E-state index contributed by atoms with van der Waals surface area (Å²) in [7, 11) is 0. The minimum absolute atomic E-state index is 0.0456. The van der Waals surface area contributed by atoms with Gasteiger partial charge in [0.15, 0.2) is 17.6 Å². The lowest BCUT2D eigenvalue weighted by Crippen LogP contribution is -2.62. The number of hydrogen-bond donors (Lipinski definition) is 6. The van der Waals surface area contributed by atoms with Gasteiger partial charge in [-0.2, -0.15) is 0 Å². The zero-order valence-electron chi connectivity index (χ0n) is 24.4. The standard InChI is InChI=1S/C31H39NO12/c1-2-40-30(39)13-7-12-8-15-17(10-32-28(15)36)18-11-41-25-20(18)19(12)16(9-13)24(27(25)42-14-5-3-4-6-14)43-31-23(35)21(33)22(34)26(44-31)29(37)38/h11-15,17,21-23,26,29,31,33-35,37-38H,2-10H2,1H3,(H,32,36). The molecule has 1 saturated carbocycles. The summed E-state index contributed by atoms with van der Waals surface area (Å²) in [5.74, 6) is -1.25. The summed E-state index contributed by atoms with van der Waals surface area (Å²) in [5, 5.41) is 55.3. The molecule has 9 unspecified atom stereocenters. The zero-order valence-corrected chi connectivity index (χ0v) is 24.4. The second-order valence-electron chi connectivity index (χ2n) is 12.7. The molecule has 2 aromatic rings. The van der Waals surface area contributed by atoms with Crippen molar-refractivity contribution in [3.05, 3.63) is 23.0 Å². The van der Waals surface area contributed by atoms with Crippen LogP contribution in [0.2, 0.25) is 0 Å². The SMILES string of the molecule is CCOC(=O)C1Cc2c(OC3OC(C(O)O)C(O)C(O)C3O)c(OC3CCCC3)c3occ4c3c2C(C1)CC1C(=O)NCC41. The van der Waals surface area contributed by atoms with E-state index in [0.29, 0.717) is 30.5 Å². The molecule has 13 nitrogen and oxygen atoms in total. The number of amides is 1. The third-order valence-corrected chi connectivity index (χ3v) is 10.1. The Kier molecular flexibility index (Phi) is 7.74. The summed E-state index contributed by atoms with van der Waals surface area (Å²) in [6.07, 6.45) is -4.62. The Morgan fingerprint density at radius 1 is 1.05 bits per heavy atom. The van der Waals surface area contributed by atoms with E-state index in [1.165, 1.54) is 0 Å². The molecule has 1 aromatic heterocycles. The highest BCUT2D eigenvalue weighted by Gasteiger charge is 2.50. The molecule has 2 saturated heterocycles. The van der Waals surface area contributed by atoms with Crippen molar-refractivity contribution in [2.24, 2.45) is 11.8 Å². The molecule has 3 aliphatic carbocycles. The molecule has 0 spiro atoms. The summed E-state index contributed by atoms with van der Waals surface area (Å²) in [6, 6.07) is 0. The number of esters is 1. The molecule has 1 aromatic carbocycles. The first kappa shape index (κ1) is 29.8. The highest BCUT2D eigenvalue weighted by molar-refractivity contribution is 5.97. The molecule has 5 aliphatic rings. The molecule has 0 bridgehead atoms. The highest BCUT2D eigenvalue weighted by Crippen LogP contribution is 2.57. The third-order valence-electron chi connectivity index (χ3n) is 10.1. The molecule has 240 valence electrons. The van der Waals surface area contributed by atoms with Crippen molar-refractivity contribution in [2.75, 3.05) is 13.2 Å². The predicted molar refractivity (Wildman–Crippen MR) is 150 cm³/mol. The number of fused-ring (bicyclic) bond motifs is 2. The third kappa shape index (κ3) is 4.76. The van der Waals surface area contributed by atoms with Gasteiger partial charge in [0.05, 0.1) is 24.9 Å². The van der Waals surface area contributed by atoms with Gasteiger partial charge in [0.25, 0.3) is 0 Å². The topological polar surface area (TPSA) is 197 Å². The van der Waals surface area contributed by atoms with Gasteiger partial charge < -0.3 is 54.2 Å². The number of furan rings is 1. The number of aliphatic hydroxyl groups excluding tert-OH is 4. The van der Waals surface area contributed by atoms with Crippen LogP contribution in [0, 0.1) is 11.8 Å². The molecule has 7 rings (SSSR count). The van der Waals surface area contributed by atoms with Gasteiger partial charge in [-0.1, -0.05) is 0 Å². The second kappa shape index (κ2) is 11.5. The Hall–Kier alpha value is -2.94. The number of hydrogen-bond acceptors (Lipinski definition) is 12. The molecular weight excluding hydrogens is 578 g/mol. The van der Waals surface area contributed by atoms with Crippen molar-refractivity contribution in [1.82, 2.24) is 5.32 Å². The number of aliphatic hydroxyl groups is 5. The van der Waals surface area contributed by atoms with Gasteiger partial charge in [0, 0.05) is 34.9 Å². The van der Waals surface area contributed by atoms with Crippen molar-refractivity contribution >= 4 is 22.8 Å². The molecule has 9 atom stereocenters. The summed E-state index contributed by atoms with van der Waals surface area (Å²) >= 11 is 0. The average molecular weight is 618 g/mol. The maximum absolute atomic E-state index is 13.2. The van der Waals surface area contributed by atoms with Crippen LogP contribution in [0.15, 0.2) is 10.7 Å². The predicted octanol–water partition coefficient (Wildman–Crippen LogP) is 0.694. The molecule has 6 N–H and O–H groups in total. The van der Waals surface area contributed by atoms with Gasteiger partial charge in [0.2, 0.25) is 17.9 Å². The lowest BCUT2D eigenvalue weighted by atomic mass is 9.72. The van der Waals surface area contributed by atoms with Crippen molar-refractivity contribution in [2.45, 2.75) is 107 Å².